The smallest absolute Gasteiger partial charge is 0.126 e. The predicted octanol–water partition coefficient (Wildman–Crippen LogP) is 2.97. The van der Waals surface area contributed by atoms with Gasteiger partial charge in [0.05, 0.1) is 6.04 Å². The average Bonchev–Trinajstić information content (AvgIpc) is 2.80. The highest BCUT2D eigenvalue weighted by molar-refractivity contribution is 5.38. The van der Waals surface area contributed by atoms with Crippen molar-refractivity contribution in [2.24, 2.45) is 5.73 Å². The van der Waals surface area contributed by atoms with Crippen molar-refractivity contribution >= 4 is 0 Å². The number of hydrogen-bond acceptors (Lipinski definition) is 2. The van der Waals surface area contributed by atoms with Crippen LogP contribution in [0.4, 0.5) is 8.78 Å². The van der Waals surface area contributed by atoms with Crippen LogP contribution in [0.1, 0.15) is 17.2 Å². The lowest BCUT2D eigenvalue weighted by atomic mass is 9.98. The summed E-state index contributed by atoms with van der Waals surface area (Å²) in [6.45, 7) is 0. The summed E-state index contributed by atoms with van der Waals surface area (Å²) in [6.07, 6.45) is 0.355. The van der Waals surface area contributed by atoms with Gasteiger partial charge in [-0.25, -0.2) is 8.78 Å². The molecule has 0 aromatic heterocycles. The van der Waals surface area contributed by atoms with Gasteiger partial charge in [0.2, 0.25) is 0 Å². The lowest BCUT2D eigenvalue weighted by Gasteiger charge is -2.19. The fourth-order valence-electron chi connectivity index (χ4n) is 2.39. The molecule has 2 unspecified atom stereocenters. The molecule has 0 bridgehead atoms. The van der Waals surface area contributed by atoms with E-state index in [9.17, 15) is 8.78 Å². The molecular weight excluding hydrogens is 248 g/mol. The largest absolute Gasteiger partial charge is 0.488 e. The molecule has 2 aromatic rings. The van der Waals surface area contributed by atoms with E-state index in [0.717, 1.165) is 17.4 Å². The molecule has 98 valence electrons. The second-order valence-corrected chi connectivity index (χ2v) is 4.70. The summed E-state index contributed by atoms with van der Waals surface area (Å²) in [5, 5.41) is 0. The van der Waals surface area contributed by atoms with Crippen LogP contribution in [-0.2, 0) is 6.42 Å². The maximum atomic E-state index is 13.2. The Morgan fingerprint density at radius 1 is 1.11 bits per heavy atom. The monoisotopic (exact) mass is 261 g/mol. The van der Waals surface area contributed by atoms with E-state index in [1.54, 1.807) is 0 Å². The van der Waals surface area contributed by atoms with E-state index in [0.29, 0.717) is 12.0 Å². The molecule has 1 aliphatic rings. The number of benzene rings is 2. The number of hydrogen-bond donors (Lipinski definition) is 1. The third-order valence-corrected chi connectivity index (χ3v) is 3.34. The molecule has 4 heteroatoms. The number of nitrogens with two attached hydrogens (primary N) is 1. The van der Waals surface area contributed by atoms with Gasteiger partial charge < -0.3 is 10.5 Å². The number of ether oxygens (including phenoxy) is 1. The molecule has 19 heavy (non-hydrogen) atoms. The van der Waals surface area contributed by atoms with Gasteiger partial charge in [-0.15, -0.1) is 0 Å². The second-order valence-electron chi connectivity index (χ2n) is 4.70. The van der Waals surface area contributed by atoms with Crippen molar-refractivity contribution in [1.82, 2.24) is 0 Å². The van der Waals surface area contributed by atoms with Gasteiger partial charge in [0.1, 0.15) is 23.5 Å². The van der Waals surface area contributed by atoms with Crippen LogP contribution in [0.5, 0.6) is 5.75 Å². The van der Waals surface area contributed by atoms with Gasteiger partial charge >= 0.3 is 0 Å². The molecule has 0 fully saturated rings. The SMILES string of the molecule is NC(c1cc(F)cc(F)c1)C1Cc2ccccc2O1. The van der Waals surface area contributed by atoms with Crippen LogP contribution in [0.3, 0.4) is 0 Å². The molecular formula is C15H13F2NO. The van der Waals surface area contributed by atoms with Crippen LogP contribution in [0.2, 0.25) is 0 Å². The van der Waals surface area contributed by atoms with Crippen LogP contribution in [0, 0.1) is 11.6 Å². The van der Waals surface area contributed by atoms with Gasteiger partial charge in [0.15, 0.2) is 0 Å². The fraction of sp³-hybridized carbons (Fsp3) is 0.200. The van der Waals surface area contributed by atoms with E-state index in [1.807, 2.05) is 24.3 Å². The van der Waals surface area contributed by atoms with Gasteiger partial charge in [-0.2, -0.15) is 0 Å². The number of fused-ring (bicyclic) bond motifs is 1. The van der Waals surface area contributed by atoms with Gasteiger partial charge in [-0.1, -0.05) is 18.2 Å². The molecule has 0 amide bonds. The Kier molecular flexibility index (Phi) is 2.95. The van der Waals surface area contributed by atoms with Crippen molar-refractivity contribution in [2.45, 2.75) is 18.6 Å². The maximum absolute atomic E-state index is 13.2. The van der Waals surface area contributed by atoms with Crippen molar-refractivity contribution in [3.05, 3.63) is 65.2 Å². The van der Waals surface area contributed by atoms with E-state index in [1.165, 1.54) is 12.1 Å². The summed E-state index contributed by atoms with van der Waals surface area (Å²) < 4.78 is 32.1. The number of rotatable bonds is 2. The van der Waals surface area contributed by atoms with E-state index >= 15 is 0 Å². The van der Waals surface area contributed by atoms with E-state index < -0.39 is 17.7 Å². The normalized spacial score (nSPS) is 18.8. The minimum absolute atomic E-state index is 0.293. The minimum atomic E-state index is -0.624. The number of para-hydroxylation sites is 1. The topological polar surface area (TPSA) is 35.2 Å². The summed E-state index contributed by atoms with van der Waals surface area (Å²) in [5.74, 6) is -0.457. The molecule has 3 rings (SSSR count). The molecule has 0 aliphatic carbocycles. The summed E-state index contributed by atoms with van der Waals surface area (Å²) in [6, 6.07) is 10.4. The molecule has 1 heterocycles. The van der Waals surface area contributed by atoms with Crippen molar-refractivity contribution < 1.29 is 13.5 Å². The molecule has 2 nitrogen and oxygen atoms in total. The third-order valence-electron chi connectivity index (χ3n) is 3.34. The Hall–Kier alpha value is -1.94. The summed E-state index contributed by atoms with van der Waals surface area (Å²) >= 11 is 0. The summed E-state index contributed by atoms with van der Waals surface area (Å²) in [4.78, 5) is 0. The lowest BCUT2D eigenvalue weighted by molar-refractivity contribution is 0.199. The zero-order valence-electron chi connectivity index (χ0n) is 10.1. The van der Waals surface area contributed by atoms with Crippen molar-refractivity contribution in [2.75, 3.05) is 0 Å². The highest BCUT2D eigenvalue weighted by Crippen LogP contribution is 2.33. The van der Waals surface area contributed by atoms with Crippen molar-refractivity contribution in [3.8, 4) is 5.75 Å². The third kappa shape index (κ3) is 2.31. The fourth-order valence-corrected chi connectivity index (χ4v) is 2.39. The first-order valence-corrected chi connectivity index (χ1v) is 6.09. The molecule has 0 saturated heterocycles. The zero-order valence-corrected chi connectivity index (χ0v) is 10.1. The molecule has 2 atom stereocenters. The van der Waals surface area contributed by atoms with Crippen molar-refractivity contribution in [1.29, 1.82) is 0 Å². The predicted molar refractivity (Wildman–Crippen MR) is 67.8 cm³/mol. The Balaban J connectivity index is 1.84. The molecule has 2 aromatic carbocycles. The van der Waals surface area contributed by atoms with Crippen LogP contribution < -0.4 is 10.5 Å². The first-order chi connectivity index (χ1) is 9.13. The molecule has 0 spiro atoms. The Morgan fingerprint density at radius 2 is 1.79 bits per heavy atom. The molecule has 1 aliphatic heterocycles. The van der Waals surface area contributed by atoms with Crippen LogP contribution in [0.25, 0.3) is 0 Å². The van der Waals surface area contributed by atoms with E-state index in [2.05, 4.69) is 0 Å². The van der Waals surface area contributed by atoms with E-state index in [-0.39, 0.29) is 6.10 Å². The molecule has 0 radical (unpaired) electrons. The summed E-state index contributed by atoms with van der Waals surface area (Å²) in [7, 11) is 0. The van der Waals surface area contributed by atoms with Gasteiger partial charge in [-0.05, 0) is 29.3 Å². The first-order valence-electron chi connectivity index (χ1n) is 6.09. The Morgan fingerprint density at radius 3 is 2.47 bits per heavy atom. The van der Waals surface area contributed by atoms with E-state index in [4.69, 9.17) is 10.5 Å². The summed E-state index contributed by atoms with van der Waals surface area (Å²) in [5.41, 5.74) is 7.54. The standard InChI is InChI=1S/C15H13F2NO/c16-11-5-10(6-12(17)8-11)15(18)14-7-9-3-1-2-4-13(9)19-14/h1-6,8,14-15H,7,18H2. The zero-order chi connectivity index (χ0) is 13.4. The highest BCUT2D eigenvalue weighted by atomic mass is 19.1. The van der Waals surface area contributed by atoms with Crippen molar-refractivity contribution in [3.63, 3.8) is 0 Å². The first kappa shape index (κ1) is 12.1. The molecule has 2 N–H and O–H groups in total. The lowest BCUT2D eigenvalue weighted by Crippen LogP contribution is -2.30. The van der Waals surface area contributed by atoms with Crippen LogP contribution in [0.15, 0.2) is 42.5 Å². The quantitative estimate of drug-likeness (QED) is 0.902. The van der Waals surface area contributed by atoms with Gasteiger partial charge in [-0.3, -0.25) is 0 Å². The maximum Gasteiger partial charge on any atom is 0.126 e. The Bertz CT molecular complexity index is 570. The Labute approximate surface area is 109 Å². The number of halogens is 2. The highest BCUT2D eigenvalue weighted by Gasteiger charge is 2.29. The van der Waals surface area contributed by atoms with Crippen LogP contribution in [-0.4, -0.2) is 6.10 Å². The van der Waals surface area contributed by atoms with Gasteiger partial charge in [0.25, 0.3) is 0 Å². The minimum Gasteiger partial charge on any atom is -0.488 e. The van der Waals surface area contributed by atoms with Gasteiger partial charge in [0, 0.05) is 12.5 Å². The second kappa shape index (κ2) is 4.63. The average molecular weight is 261 g/mol. The molecule has 0 saturated carbocycles. The van der Waals surface area contributed by atoms with Crippen LogP contribution >= 0.6 is 0 Å².